The van der Waals surface area contributed by atoms with Crippen molar-refractivity contribution < 1.29 is 13.2 Å². The fraction of sp³-hybridized carbons (Fsp3) is 0.625. The van der Waals surface area contributed by atoms with Crippen LogP contribution in [-0.2, 0) is 12.8 Å². The second-order valence-electron chi connectivity index (χ2n) is 5.10. The average Bonchev–Trinajstić information content (AvgIpc) is 2.35. The number of aryl methyl sites for hydroxylation is 2. The zero-order chi connectivity index (χ0) is 14.1. The van der Waals surface area contributed by atoms with Gasteiger partial charge < -0.3 is 0 Å². The number of rotatable bonds is 8. The van der Waals surface area contributed by atoms with Crippen LogP contribution in [0.1, 0.15) is 56.6 Å². The smallest absolute Gasteiger partial charge is 0.171 e. The Morgan fingerprint density at radius 2 is 1.32 bits per heavy atom. The number of alkyl halides is 3. The summed E-state index contributed by atoms with van der Waals surface area (Å²) in [6.45, 7) is 2.19. The molecule has 0 saturated carbocycles. The third-order valence-electron chi connectivity index (χ3n) is 3.27. The molecule has 0 saturated heterocycles. The summed E-state index contributed by atoms with van der Waals surface area (Å²) in [6, 6.07) is 8.03. The Morgan fingerprint density at radius 1 is 0.789 bits per heavy atom. The second kappa shape index (κ2) is 8.23. The molecule has 0 N–H and O–H groups in total. The normalized spacial score (nSPS) is 11.8. The van der Waals surface area contributed by atoms with Crippen LogP contribution in [0.25, 0.3) is 0 Å². The Morgan fingerprint density at radius 3 is 1.79 bits per heavy atom. The van der Waals surface area contributed by atoms with E-state index in [-0.39, 0.29) is 6.42 Å². The van der Waals surface area contributed by atoms with Crippen LogP contribution in [0, 0.1) is 0 Å². The lowest BCUT2D eigenvalue weighted by atomic mass is 10.0. The Hall–Kier alpha value is -0.990. The largest absolute Gasteiger partial charge is 0.389 e. The van der Waals surface area contributed by atoms with Crippen molar-refractivity contribution in [2.45, 2.75) is 64.5 Å². The molecule has 1 aromatic rings. The van der Waals surface area contributed by atoms with Crippen molar-refractivity contribution in [1.82, 2.24) is 0 Å². The van der Waals surface area contributed by atoms with E-state index in [2.05, 4.69) is 19.1 Å². The van der Waals surface area contributed by atoms with E-state index in [9.17, 15) is 13.2 Å². The molecular weight excluding hydrogens is 249 g/mol. The highest BCUT2D eigenvalue weighted by Crippen LogP contribution is 2.22. The van der Waals surface area contributed by atoms with Gasteiger partial charge in [0, 0.05) is 6.42 Å². The van der Waals surface area contributed by atoms with Crippen molar-refractivity contribution in [2.24, 2.45) is 0 Å². The first-order chi connectivity index (χ1) is 9.01. The Labute approximate surface area is 114 Å². The van der Waals surface area contributed by atoms with Crippen LogP contribution in [0.3, 0.4) is 0 Å². The van der Waals surface area contributed by atoms with Crippen LogP contribution in [0.4, 0.5) is 13.2 Å². The number of halogens is 3. The van der Waals surface area contributed by atoms with E-state index in [0.29, 0.717) is 6.42 Å². The third-order valence-corrected chi connectivity index (χ3v) is 3.27. The van der Waals surface area contributed by atoms with Crippen LogP contribution < -0.4 is 0 Å². The number of benzene rings is 1. The van der Waals surface area contributed by atoms with Gasteiger partial charge >= 0.3 is 6.18 Å². The molecule has 0 aliphatic heterocycles. The van der Waals surface area contributed by atoms with Crippen LogP contribution in [0.15, 0.2) is 24.3 Å². The summed E-state index contributed by atoms with van der Waals surface area (Å²) in [5.41, 5.74) is 2.29. The third kappa shape index (κ3) is 7.91. The number of hydrogen-bond acceptors (Lipinski definition) is 0. The SMILES string of the molecule is CCCCCCc1ccc(CCCC(F)(F)F)cc1. The zero-order valence-electron chi connectivity index (χ0n) is 11.6. The highest BCUT2D eigenvalue weighted by molar-refractivity contribution is 5.22. The molecular formula is C16H23F3. The van der Waals surface area contributed by atoms with Crippen molar-refractivity contribution in [2.75, 3.05) is 0 Å². The van der Waals surface area contributed by atoms with Crippen molar-refractivity contribution in [3.05, 3.63) is 35.4 Å². The highest BCUT2D eigenvalue weighted by Gasteiger charge is 2.25. The molecule has 0 radical (unpaired) electrons. The van der Waals surface area contributed by atoms with E-state index in [1.54, 1.807) is 0 Å². The second-order valence-corrected chi connectivity index (χ2v) is 5.10. The van der Waals surface area contributed by atoms with Crippen LogP contribution in [0.2, 0.25) is 0 Å². The summed E-state index contributed by atoms with van der Waals surface area (Å²) in [7, 11) is 0. The van der Waals surface area contributed by atoms with Gasteiger partial charge in [0.05, 0.1) is 0 Å². The molecule has 1 rings (SSSR count). The van der Waals surface area contributed by atoms with Crippen molar-refractivity contribution in [3.8, 4) is 0 Å². The van der Waals surface area contributed by atoms with E-state index in [0.717, 1.165) is 12.0 Å². The summed E-state index contributed by atoms with van der Waals surface area (Å²) < 4.78 is 36.1. The Bertz CT molecular complexity index is 338. The van der Waals surface area contributed by atoms with Gasteiger partial charge in [-0.25, -0.2) is 0 Å². The van der Waals surface area contributed by atoms with E-state index in [1.807, 2.05) is 12.1 Å². The first-order valence-electron chi connectivity index (χ1n) is 7.16. The molecule has 0 aliphatic rings. The molecule has 0 aliphatic carbocycles. The molecule has 108 valence electrons. The van der Waals surface area contributed by atoms with Crippen LogP contribution >= 0.6 is 0 Å². The maximum atomic E-state index is 12.0. The quantitative estimate of drug-likeness (QED) is 0.533. The molecule has 0 fully saturated rings. The Balaban J connectivity index is 2.27. The van der Waals surface area contributed by atoms with Crippen molar-refractivity contribution in [3.63, 3.8) is 0 Å². The molecule has 0 spiro atoms. The van der Waals surface area contributed by atoms with Gasteiger partial charge in [0.25, 0.3) is 0 Å². The molecule has 0 nitrogen and oxygen atoms in total. The maximum absolute atomic E-state index is 12.0. The van der Waals surface area contributed by atoms with Gasteiger partial charge in [-0.05, 0) is 36.8 Å². The average molecular weight is 272 g/mol. The van der Waals surface area contributed by atoms with Gasteiger partial charge in [-0.3, -0.25) is 0 Å². The summed E-state index contributed by atoms with van der Waals surface area (Å²) in [4.78, 5) is 0. The minimum atomic E-state index is -4.03. The minimum absolute atomic E-state index is 0.180. The van der Waals surface area contributed by atoms with Crippen molar-refractivity contribution in [1.29, 1.82) is 0 Å². The molecule has 0 aromatic heterocycles. The summed E-state index contributed by atoms with van der Waals surface area (Å²) in [5.74, 6) is 0. The monoisotopic (exact) mass is 272 g/mol. The highest BCUT2D eigenvalue weighted by atomic mass is 19.4. The predicted molar refractivity (Wildman–Crippen MR) is 73.3 cm³/mol. The summed E-state index contributed by atoms with van der Waals surface area (Å²) in [6.07, 6.45) is 2.00. The zero-order valence-corrected chi connectivity index (χ0v) is 11.6. The first-order valence-corrected chi connectivity index (χ1v) is 7.16. The fourth-order valence-electron chi connectivity index (χ4n) is 2.12. The van der Waals surface area contributed by atoms with E-state index >= 15 is 0 Å². The van der Waals surface area contributed by atoms with Gasteiger partial charge in [0.2, 0.25) is 0 Å². The van der Waals surface area contributed by atoms with Gasteiger partial charge in [0.15, 0.2) is 0 Å². The maximum Gasteiger partial charge on any atom is 0.389 e. The number of unbranched alkanes of at least 4 members (excludes halogenated alkanes) is 3. The minimum Gasteiger partial charge on any atom is -0.171 e. The van der Waals surface area contributed by atoms with Gasteiger partial charge in [0.1, 0.15) is 0 Å². The molecule has 19 heavy (non-hydrogen) atoms. The lowest BCUT2D eigenvalue weighted by molar-refractivity contribution is -0.135. The molecule has 0 atom stereocenters. The Kier molecular flexibility index (Phi) is 6.96. The lowest BCUT2D eigenvalue weighted by Gasteiger charge is -2.07. The molecule has 0 amide bonds. The van der Waals surface area contributed by atoms with E-state index in [1.165, 1.54) is 31.2 Å². The fourth-order valence-corrected chi connectivity index (χ4v) is 2.12. The molecule has 3 heteroatoms. The summed E-state index contributed by atoms with van der Waals surface area (Å²) >= 11 is 0. The van der Waals surface area contributed by atoms with Gasteiger partial charge in [-0.1, -0.05) is 50.5 Å². The van der Waals surface area contributed by atoms with Crippen LogP contribution in [-0.4, -0.2) is 6.18 Å². The van der Waals surface area contributed by atoms with Gasteiger partial charge in [-0.2, -0.15) is 13.2 Å². The molecule has 1 aromatic carbocycles. The van der Waals surface area contributed by atoms with Crippen molar-refractivity contribution >= 4 is 0 Å². The lowest BCUT2D eigenvalue weighted by Crippen LogP contribution is -2.07. The van der Waals surface area contributed by atoms with E-state index < -0.39 is 12.6 Å². The number of hydrogen-bond donors (Lipinski definition) is 0. The first kappa shape index (κ1) is 16.1. The summed E-state index contributed by atoms with van der Waals surface area (Å²) in [5, 5.41) is 0. The van der Waals surface area contributed by atoms with E-state index in [4.69, 9.17) is 0 Å². The standard InChI is InChI=1S/C16H23F3/c1-2-3-4-5-7-14-9-11-15(12-10-14)8-6-13-16(17,18)19/h9-12H,2-8,13H2,1H3. The topological polar surface area (TPSA) is 0 Å². The molecule has 0 unspecified atom stereocenters. The molecule has 0 bridgehead atoms. The molecule has 0 heterocycles. The van der Waals surface area contributed by atoms with Gasteiger partial charge in [-0.15, -0.1) is 0 Å². The predicted octanol–water partition coefficient (Wildman–Crippen LogP) is 5.69. The van der Waals surface area contributed by atoms with Crippen LogP contribution in [0.5, 0.6) is 0 Å².